The first-order chi connectivity index (χ1) is 16.3. The number of fused-ring (bicyclic) bond motifs is 1. The van der Waals surface area contributed by atoms with E-state index in [1.807, 2.05) is 57.2 Å². The lowest BCUT2D eigenvalue weighted by Crippen LogP contribution is -2.33. The van der Waals surface area contributed by atoms with Crippen molar-refractivity contribution in [2.24, 2.45) is 0 Å². The van der Waals surface area contributed by atoms with E-state index in [-0.39, 0.29) is 30.6 Å². The van der Waals surface area contributed by atoms with Gasteiger partial charge in [-0.25, -0.2) is 4.39 Å². The highest BCUT2D eigenvalue weighted by Gasteiger charge is 2.15. The Kier molecular flexibility index (Phi) is 6.77. The molecule has 34 heavy (non-hydrogen) atoms. The topological polar surface area (TPSA) is 74.0 Å². The molecule has 0 radical (unpaired) electrons. The Labute approximate surface area is 198 Å². The van der Waals surface area contributed by atoms with Gasteiger partial charge in [-0.05, 0) is 79.8 Å². The lowest BCUT2D eigenvalue weighted by Gasteiger charge is -2.13. The van der Waals surface area contributed by atoms with E-state index in [4.69, 9.17) is 0 Å². The van der Waals surface area contributed by atoms with Crippen LogP contribution in [0.4, 0.5) is 10.1 Å². The van der Waals surface area contributed by atoms with Gasteiger partial charge in [-0.1, -0.05) is 35.9 Å². The number of anilines is 1. The van der Waals surface area contributed by atoms with Crippen molar-refractivity contribution in [3.8, 4) is 11.3 Å². The van der Waals surface area contributed by atoms with Crippen LogP contribution in [0.15, 0.2) is 60.7 Å². The number of nitrogens with one attached hydrogen (secondary N) is 3. The predicted molar refractivity (Wildman–Crippen MR) is 134 cm³/mol. The summed E-state index contributed by atoms with van der Waals surface area (Å²) < 4.78 is 13.4. The minimum Gasteiger partial charge on any atom is -0.354 e. The molecule has 5 nitrogen and oxygen atoms in total. The van der Waals surface area contributed by atoms with Crippen molar-refractivity contribution < 1.29 is 14.0 Å². The lowest BCUT2D eigenvalue weighted by molar-refractivity contribution is -0.124. The Morgan fingerprint density at radius 2 is 1.59 bits per heavy atom. The summed E-state index contributed by atoms with van der Waals surface area (Å²) in [5, 5.41) is 6.65. The monoisotopic (exact) mass is 457 g/mol. The van der Waals surface area contributed by atoms with Crippen molar-refractivity contribution in [3.05, 3.63) is 88.7 Å². The minimum atomic E-state index is -0.296. The fourth-order valence-corrected chi connectivity index (χ4v) is 4.39. The molecule has 0 aliphatic rings. The standard InChI is InChI=1S/C28H28FN3O2/c1-17-14-18(2)27(19(3)15-17)32-26(34)16-30-25(33)13-12-23-22-6-4-5-7-24(22)31-28(23)20-8-10-21(29)11-9-20/h4-11,14-15,31H,12-13,16H2,1-3H3,(H,30,33)(H,32,34). The molecule has 4 rings (SSSR count). The molecule has 0 fully saturated rings. The minimum absolute atomic E-state index is 0.0930. The van der Waals surface area contributed by atoms with Gasteiger partial charge in [-0.3, -0.25) is 9.59 Å². The van der Waals surface area contributed by atoms with E-state index >= 15 is 0 Å². The third-order valence-corrected chi connectivity index (χ3v) is 5.94. The number of aromatic nitrogens is 1. The molecule has 3 aromatic carbocycles. The summed E-state index contributed by atoms with van der Waals surface area (Å²) in [7, 11) is 0. The van der Waals surface area contributed by atoms with Crippen LogP contribution in [0.1, 0.15) is 28.7 Å². The van der Waals surface area contributed by atoms with Crippen LogP contribution in [0.2, 0.25) is 0 Å². The zero-order valence-corrected chi connectivity index (χ0v) is 19.6. The van der Waals surface area contributed by atoms with Gasteiger partial charge in [0.25, 0.3) is 0 Å². The molecule has 3 N–H and O–H groups in total. The molecule has 0 aliphatic heterocycles. The molecule has 1 heterocycles. The molecule has 0 bridgehead atoms. The molecule has 4 aromatic rings. The van der Waals surface area contributed by atoms with E-state index in [0.29, 0.717) is 6.42 Å². The second kappa shape index (κ2) is 9.91. The first-order valence-electron chi connectivity index (χ1n) is 11.3. The Morgan fingerprint density at radius 3 is 2.29 bits per heavy atom. The Hall–Kier alpha value is -3.93. The highest BCUT2D eigenvalue weighted by atomic mass is 19.1. The van der Waals surface area contributed by atoms with E-state index < -0.39 is 0 Å². The second-order valence-corrected chi connectivity index (χ2v) is 8.63. The molecular formula is C28H28FN3O2. The van der Waals surface area contributed by atoms with Crippen LogP contribution in [0.25, 0.3) is 22.2 Å². The Balaban J connectivity index is 1.41. The van der Waals surface area contributed by atoms with Crippen LogP contribution in [0.5, 0.6) is 0 Å². The van der Waals surface area contributed by atoms with Crippen molar-refractivity contribution in [1.29, 1.82) is 0 Å². The first-order valence-corrected chi connectivity index (χ1v) is 11.3. The smallest absolute Gasteiger partial charge is 0.243 e. The summed E-state index contributed by atoms with van der Waals surface area (Å²) in [6.07, 6.45) is 0.715. The van der Waals surface area contributed by atoms with Gasteiger partial charge >= 0.3 is 0 Å². The summed E-state index contributed by atoms with van der Waals surface area (Å²) in [5.41, 5.74) is 7.59. The van der Waals surface area contributed by atoms with E-state index in [1.54, 1.807) is 12.1 Å². The predicted octanol–water partition coefficient (Wildman–Crippen LogP) is 5.59. The number of rotatable bonds is 7. The molecule has 0 aliphatic carbocycles. The zero-order chi connectivity index (χ0) is 24.2. The Bertz CT molecular complexity index is 1330. The summed E-state index contributed by atoms with van der Waals surface area (Å²) in [6, 6.07) is 18.2. The van der Waals surface area contributed by atoms with Gasteiger partial charge in [-0.15, -0.1) is 0 Å². The van der Waals surface area contributed by atoms with Crippen LogP contribution in [0, 0.1) is 26.6 Å². The fraction of sp³-hybridized carbons (Fsp3) is 0.214. The number of aromatic amines is 1. The number of halogens is 1. The normalized spacial score (nSPS) is 10.9. The van der Waals surface area contributed by atoms with Crippen molar-refractivity contribution in [2.45, 2.75) is 33.6 Å². The summed E-state index contributed by atoms with van der Waals surface area (Å²) in [4.78, 5) is 28.4. The van der Waals surface area contributed by atoms with Gasteiger partial charge < -0.3 is 15.6 Å². The largest absolute Gasteiger partial charge is 0.354 e. The van der Waals surface area contributed by atoms with Gasteiger partial charge in [0.2, 0.25) is 11.8 Å². The van der Waals surface area contributed by atoms with Gasteiger partial charge in [0, 0.05) is 28.7 Å². The maximum atomic E-state index is 13.4. The molecular weight excluding hydrogens is 429 g/mol. The van der Waals surface area contributed by atoms with E-state index in [1.165, 1.54) is 12.1 Å². The number of hydrogen-bond acceptors (Lipinski definition) is 2. The van der Waals surface area contributed by atoms with Crippen LogP contribution in [-0.2, 0) is 16.0 Å². The number of para-hydroxylation sites is 1. The molecule has 0 atom stereocenters. The summed E-state index contributed by atoms with van der Waals surface area (Å²) in [6.45, 7) is 5.83. The van der Waals surface area contributed by atoms with Crippen LogP contribution < -0.4 is 10.6 Å². The summed E-state index contributed by atoms with van der Waals surface area (Å²) in [5.74, 6) is -0.763. The van der Waals surface area contributed by atoms with E-state index in [0.717, 1.165) is 50.1 Å². The van der Waals surface area contributed by atoms with Crippen molar-refractivity contribution >= 4 is 28.4 Å². The number of hydrogen-bond donors (Lipinski definition) is 3. The molecule has 174 valence electrons. The van der Waals surface area contributed by atoms with Gasteiger partial charge in [0.15, 0.2) is 0 Å². The van der Waals surface area contributed by atoms with Gasteiger partial charge in [-0.2, -0.15) is 0 Å². The maximum Gasteiger partial charge on any atom is 0.243 e. The van der Waals surface area contributed by atoms with Crippen molar-refractivity contribution in [3.63, 3.8) is 0 Å². The third-order valence-electron chi connectivity index (χ3n) is 5.94. The highest BCUT2D eigenvalue weighted by Crippen LogP contribution is 2.31. The first kappa shape index (κ1) is 23.2. The summed E-state index contributed by atoms with van der Waals surface area (Å²) >= 11 is 0. The molecule has 0 unspecified atom stereocenters. The highest BCUT2D eigenvalue weighted by molar-refractivity contribution is 5.96. The average molecular weight is 458 g/mol. The molecule has 0 saturated carbocycles. The molecule has 1 aromatic heterocycles. The van der Waals surface area contributed by atoms with Crippen molar-refractivity contribution in [2.75, 3.05) is 11.9 Å². The van der Waals surface area contributed by atoms with Crippen molar-refractivity contribution in [1.82, 2.24) is 10.3 Å². The fourth-order valence-electron chi connectivity index (χ4n) is 4.39. The quantitative estimate of drug-likeness (QED) is 0.339. The van der Waals surface area contributed by atoms with Crippen LogP contribution in [0.3, 0.4) is 0 Å². The third kappa shape index (κ3) is 5.17. The number of H-pyrrole nitrogens is 1. The maximum absolute atomic E-state index is 13.4. The van der Waals surface area contributed by atoms with E-state index in [2.05, 4.69) is 15.6 Å². The number of carbonyl (C=O) groups excluding carboxylic acids is 2. The second-order valence-electron chi connectivity index (χ2n) is 8.63. The van der Waals surface area contributed by atoms with Crippen LogP contribution >= 0.6 is 0 Å². The van der Waals surface area contributed by atoms with Gasteiger partial charge in [0.05, 0.1) is 6.54 Å². The van der Waals surface area contributed by atoms with E-state index in [9.17, 15) is 14.0 Å². The molecule has 0 spiro atoms. The average Bonchev–Trinajstić information content (AvgIpc) is 3.17. The molecule has 0 saturated heterocycles. The number of aryl methyl sites for hydroxylation is 4. The zero-order valence-electron chi connectivity index (χ0n) is 19.6. The lowest BCUT2D eigenvalue weighted by atomic mass is 10.0. The Morgan fingerprint density at radius 1 is 0.912 bits per heavy atom. The van der Waals surface area contributed by atoms with Gasteiger partial charge in [0.1, 0.15) is 5.82 Å². The SMILES string of the molecule is Cc1cc(C)c(NC(=O)CNC(=O)CCc2c(-c3ccc(F)cc3)[nH]c3ccccc23)c(C)c1. The molecule has 6 heteroatoms. The number of benzene rings is 3. The van der Waals surface area contributed by atoms with Crippen LogP contribution in [-0.4, -0.2) is 23.3 Å². The number of carbonyl (C=O) groups is 2. The number of amides is 2. The molecule has 2 amide bonds.